The predicted molar refractivity (Wildman–Crippen MR) is 262 cm³/mol. The fourth-order valence-corrected chi connectivity index (χ4v) is 8.28. The lowest BCUT2D eigenvalue weighted by molar-refractivity contribution is 0.0557. The summed E-state index contributed by atoms with van der Waals surface area (Å²) in [5.41, 5.74) is 4.46. The second kappa shape index (κ2) is 20.4. The zero-order valence-electron chi connectivity index (χ0n) is 35.1. The molecule has 0 aliphatic rings. The van der Waals surface area contributed by atoms with Crippen molar-refractivity contribution in [1.82, 2.24) is 0 Å². The number of ether oxygens (including phenoxy) is 4. The maximum absolute atomic E-state index is 5.90. The van der Waals surface area contributed by atoms with E-state index in [1.807, 2.05) is 0 Å². The van der Waals surface area contributed by atoms with Gasteiger partial charge in [-0.2, -0.15) is 0 Å². The largest absolute Gasteiger partial charge is 0.382 e. The highest BCUT2D eigenvalue weighted by Crippen LogP contribution is 2.33. The second-order valence-corrected chi connectivity index (χ2v) is 15.5. The third kappa shape index (κ3) is 10.0. The van der Waals surface area contributed by atoms with Crippen molar-refractivity contribution in [1.29, 1.82) is 0 Å². The molecule has 62 heavy (non-hydrogen) atoms. The smallest absolute Gasteiger partial charge is 0.0701 e. The van der Waals surface area contributed by atoms with Gasteiger partial charge >= 0.3 is 0 Å². The van der Waals surface area contributed by atoms with Crippen LogP contribution >= 0.6 is 0 Å². The standard InChI is InChI=1S/C54H54N4O4/c1-3-11-41-35-47-43(33-39(41)9-1)13-5-17-51(47)55-21-25-59-29-31-61-27-23-57-53-19-7-15-45-38-50-46(37-49(45)53)16-8-20-54(50)58-24-28-62-32-30-60-26-22-56-52-18-6-14-44-34-40-10-2-4-12-42(40)36-48(44)52/h1-20,33-38,55-58H,21-32H2. The van der Waals surface area contributed by atoms with Gasteiger partial charge in [-0.3, -0.25) is 0 Å². The first-order valence-electron chi connectivity index (χ1n) is 21.8. The van der Waals surface area contributed by atoms with Crippen molar-refractivity contribution >= 4 is 87.4 Å². The van der Waals surface area contributed by atoms with Crippen LogP contribution in [0.4, 0.5) is 22.7 Å². The van der Waals surface area contributed by atoms with Crippen LogP contribution in [-0.2, 0) is 18.9 Å². The highest BCUT2D eigenvalue weighted by molar-refractivity contribution is 6.08. The zero-order chi connectivity index (χ0) is 41.8. The molecule has 0 spiro atoms. The summed E-state index contributed by atoms with van der Waals surface area (Å²) in [6, 6.07) is 56.2. The van der Waals surface area contributed by atoms with E-state index >= 15 is 0 Å². The first-order chi connectivity index (χ1) is 30.8. The molecule has 8 nitrogen and oxygen atoms in total. The molecule has 0 aromatic heterocycles. The molecule has 9 rings (SSSR count). The minimum absolute atomic E-state index is 0.555. The Morgan fingerprint density at radius 2 is 0.484 bits per heavy atom. The number of hydrogen-bond acceptors (Lipinski definition) is 8. The Hall–Kier alpha value is -6.42. The van der Waals surface area contributed by atoms with Crippen LogP contribution in [0.15, 0.2) is 158 Å². The molecule has 0 aliphatic heterocycles. The van der Waals surface area contributed by atoms with E-state index in [4.69, 9.17) is 18.9 Å². The number of hydrogen-bond donors (Lipinski definition) is 4. The van der Waals surface area contributed by atoms with Gasteiger partial charge in [0.2, 0.25) is 0 Å². The van der Waals surface area contributed by atoms with Gasteiger partial charge in [0.25, 0.3) is 0 Å². The number of rotatable bonds is 22. The Morgan fingerprint density at radius 3 is 0.790 bits per heavy atom. The number of nitrogens with one attached hydrogen (secondary N) is 4. The highest BCUT2D eigenvalue weighted by Gasteiger charge is 2.08. The summed E-state index contributed by atoms with van der Waals surface area (Å²) in [6.45, 7) is 7.53. The first-order valence-corrected chi connectivity index (χ1v) is 21.8. The number of fused-ring (bicyclic) bond motifs is 6. The van der Waals surface area contributed by atoms with E-state index < -0.39 is 0 Å². The van der Waals surface area contributed by atoms with E-state index in [-0.39, 0.29) is 0 Å². The van der Waals surface area contributed by atoms with Crippen molar-refractivity contribution in [2.75, 3.05) is 100 Å². The molecule has 0 fully saturated rings. The van der Waals surface area contributed by atoms with Gasteiger partial charge in [0.05, 0.1) is 52.9 Å². The van der Waals surface area contributed by atoms with Crippen molar-refractivity contribution in [3.63, 3.8) is 0 Å². The molecule has 0 atom stereocenters. The normalized spacial score (nSPS) is 11.6. The summed E-state index contributed by atoms with van der Waals surface area (Å²) in [6.07, 6.45) is 0. The summed E-state index contributed by atoms with van der Waals surface area (Å²) >= 11 is 0. The van der Waals surface area contributed by atoms with Crippen molar-refractivity contribution in [3.8, 4) is 0 Å². The van der Waals surface area contributed by atoms with E-state index in [1.165, 1.54) is 64.6 Å². The average Bonchev–Trinajstić information content (AvgIpc) is 3.31. The Labute approximate surface area is 363 Å². The Balaban J connectivity index is 0.655. The number of anilines is 4. The first kappa shape index (κ1) is 41.0. The van der Waals surface area contributed by atoms with Gasteiger partial charge in [-0.15, -0.1) is 0 Å². The maximum atomic E-state index is 5.90. The molecule has 314 valence electrons. The van der Waals surface area contributed by atoms with Gasteiger partial charge in [0.15, 0.2) is 0 Å². The molecule has 0 saturated carbocycles. The third-order valence-electron chi connectivity index (χ3n) is 11.4. The van der Waals surface area contributed by atoms with Crippen molar-refractivity contribution in [2.24, 2.45) is 0 Å². The Bertz CT molecular complexity index is 2720. The van der Waals surface area contributed by atoms with E-state index in [0.717, 1.165) is 35.8 Å². The van der Waals surface area contributed by atoms with Crippen LogP contribution in [0.2, 0.25) is 0 Å². The van der Waals surface area contributed by atoms with E-state index in [0.29, 0.717) is 65.9 Å². The minimum atomic E-state index is 0.555. The Kier molecular flexibility index (Phi) is 13.5. The van der Waals surface area contributed by atoms with Crippen LogP contribution < -0.4 is 21.3 Å². The lowest BCUT2D eigenvalue weighted by atomic mass is 10.0. The van der Waals surface area contributed by atoms with Crippen LogP contribution in [0.3, 0.4) is 0 Å². The molecular weight excluding hydrogens is 769 g/mol. The van der Waals surface area contributed by atoms with E-state index in [1.54, 1.807) is 0 Å². The quantitative estimate of drug-likeness (QED) is 0.0397. The van der Waals surface area contributed by atoms with Crippen LogP contribution in [0.25, 0.3) is 64.6 Å². The van der Waals surface area contributed by atoms with Crippen LogP contribution in [0.5, 0.6) is 0 Å². The maximum Gasteiger partial charge on any atom is 0.0701 e. The van der Waals surface area contributed by atoms with Gasteiger partial charge in [-0.1, -0.05) is 97.1 Å². The lowest BCUT2D eigenvalue weighted by Gasteiger charge is -2.14. The van der Waals surface area contributed by atoms with Gasteiger partial charge in [-0.05, 0) is 104 Å². The summed E-state index contributed by atoms with van der Waals surface area (Å²) < 4.78 is 23.5. The molecule has 0 amide bonds. The summed E-state index contributed by atoms with van der Waals surface area (Å²) in [5, 5.41) is 29.0. The molecule has 0 heterocycles. The molecule has 0 radical (unpaired) electrons. The van der Waals surface area contributed by atoms with Crippen molar-refractivity contribution in [2.45, 2.75) is 0 Å². The molecule has 8 heteroatoms. The molecule has 9 aromatic rings. The number of benzene rings is 9. The topological polar surface area (TPSA) is 85.0 Å². The fourth-order valence-electron chi connectivity index (χ4n) is 8.28. The van der Waals surface area contributed by atoms with Crippen LogP contribution in [0.1, 0.15) is 0 Å². The van der Waals surface area contributed by atoms with E-state index in [2.05, 4.69) is 179 Å². The molecule has 0 bridgehead atoms. The predicted octanol–water partition coefficient (Wildman–Crippen LogP) is 11.7. The van der Waals surface area contributed by atoms with Crippen LogP contribution in [0, 0.1) is 0 Å². The molecule has 0 saturated heterocycles. The molecule has 4 N–H and O–H groups in total. The van der Waals surface area contributed by atoms with Crippen LogP contribution in [-0.4, -0.2) is 79.0 Å². The van der Waals surface area contributed by atoms with Crippen molar-refractivity contribution < 1.29 is 18.9 Å². The van der Waals surface area contributed by atoms with Gasteiger partial charge in [0.1, 0.15) is 0 Å². The van der Waals surface area contributed by atoms with Gasteiger partial charge in [0, 0.05) is 70.5 Å². The molecule has 0 unspecified atom stereocenters. The SMILES string of the molecule is c1ccc2cc3c(NCCOCCOCCNc4cccc5cc6c(NCCOCCOCCNc7cccc8cc9ccccc9cc78)cccc6cc45)cccc3cc2c1. The third-order valence-corrected chi connectivity index (χ3v) is 11.4. The molecule has 9 aromatic carbocycles. The monoisotopic (exact) mass is 822 g/mol. The van der Waals surface area contributed by atoms with Gasteiger partial charge in [-0.25, -0.2) is 0 Å². The summed E-state index contributed by atoms with van der Waals surface area (Å²) in [5.74, 6) is 0. The summed E-state index contributed by atoms with van der Waals surface area (Å²) in [4.78, 5) is 0. The van der Waals surface area contributed by atoms with Crippen molar-refractivity contribution in [3.05, 3.63) is 158 Å². The lowest BCUT2D eigenvalue weighted by Crippen LogP contribution is -2.15. The minimum Gasteiger partial charge on any atom is -0.382 e. The Morgan fingerprint density at radius 1 is 0.242 bits per heavy atom. The van der Waals surface area contributed by atoms with E-state index in [9.17, 15) is 0 Å². The average molecular weight is 823 g/mol. The van der Waals surface area contributed by atoms with Gasteiger partial charge < -0.3 is 40.2 Å². The molecular formula is C54H54N4O4. The zero-order valence-corrected chi connectivity index (χ0v) is 35.1. The second-order valence-electron chi connectivity index (χ2n) is 15.5. The molecule has 0 aliphatic carbocycles. The fraction of sp³-hybridized carbons (Fsp3) is 0.222. The highest BCUT2D eigenvalue weighted by atomic mass is 16.5. The summed E-state index contributed by atoms with van der Waals surface area (Å²) in [7, 11) is 0.